The molecule has 1 saturated carbocycles. The molecule has 4 heteroatoms. The number of hydrogen-bond donors (Lipinski definition) is 2. The van der Waals surface area contributed by atoms with Crippen LogP contribution in [0.1, 0.15) is 18.4 Å². The number of aliphatic hydroxyl groups is 1. The van der Waals surface area contributed by atoms with Gasteiger partial charge in [0, 0.05) is 19.6 Å². The van der Waals surface area contributed by atoms with E-state index in [1.54, 1.807) is 0 Å². The number of aliphatic hydroxyl groups excluding tert-OH is 1. The van der Waals surface area contributed by atoms with E-state index < -0.39 is 6.10 Å². The van der Waals surface area contributed by atoms with Crippen molar-refractivity contribution >= 4 is 0 Å². The molecule has 0 radical (unpaired) electrons. The summed E-state index contributed by atoms with van der Waals surface area (Å²) in [7, 11) is 2.05. The number of nitrogens with two attached hydrogens (primary N) is 1. The van der Waals surface area contributed by atoms with Gasteiger partial charge >= 0.3 is 0 Å². The van der Waals surface area contributed by atoms with Crippen molar-refractivity contribution < 1.29 is 9.84 Å². The monoisotopic (exact) mass is 264 g/mol. The fraction of sp³-hybridized carbons (Fsp3) is 0.600. The Balaban J connectivity index is 1.70. The summed E-state index contributed by atoms with van der Waals surface area (Å²) in [5, 5.41) is 9.95. The number of rotatable bonds is 8. The quantitative estimate of drug-likeness (QED) is 0.741. The number of hydrogen-bond acceptors (Lipinski definition) is 4. The lowest BCUT2D eigenvalue weighted by molar-refractivity contribution is 0.0751. The van der Waals surface area contributed by atoms with Crippen molar-refractivity contribution in [2.75, 3.05) is 26.7 Å². The Morgan fingerprint density at radius 1 is 1.47 bits per heavy atom. The summed E-state index contributed by atoms with van der Waals surface area (Å²) >= 11 is 0. The van der Waals surface area contributed by atoms with Gasteiger partial charge in [-0.1, -0.05) is 12.1 Å². The Morgan fingerprint density at radius 3 is 2.95 bits per heavy atom. The van der Waals surface area contributed by atoms with Gasteiger partial charge in [0.15, 0.2) is 0 Å². The molecule has 4 nitrogen and oxygen atoms in total. The second-order valence-electron chi connectivity index (χ2n) is 5.48. The first-order valence-electron chi connectivity index (χ1n) is 6.96. The van der Waals surface area contributed by atoms with Crippen LogP contribution in [-0.2, 0) is 6.54 Å². The van der Waals surface area contributed by atoms with E-state index in [4.69, 9.17) is 10.5 Å². The van der Waals surface area contributed by atoms with E-state index in [1.165, 1.54) is 12.8 Å². The molecule has 0 amide bonds. The normalized spacial score (nSPS) is 16.6. The van der Waals surface area contributed by atoms with Crippen molar-refractivity contribution in [2.24, 2.45) is 11.7 Å². The van der Waals surface area contributed by atoms with Crippen LogP contribution in [0.5, 0.6) is 5.75 Å². The van der Waals surface area contributed by atoms with Crippen LogP contribution < -0.4 is 10.5 Å². The second kappa shape index (κ2) is 6.89. The Morgan fingerprint density at radius 2 is 2.26 bits per heavy atom. The summed E-state index contributed by atoms with van der Waals surface area (Å²) in [5.74, 6) is 1.62. The Hall–Kier alpha value is -1.10. The average Bonchev–Trinajstić information content (AvgIpc) is 3.20. The Labute approximate surface area is 115 Å². The van der Waals surface area contributed by atoms with E-state index in [9.17, 15) is 5.11 Å². The molecule has 1 atom stereocenters. The van der Waals surface area contributed by atoms with Crippen molar-refractivity contribution in [2.45, 2.75) is 25.5 Å². The maximum Gasteiger partial charge on any atom is 0.119 e. The third kappa shape index (κ3) is 5.19. The van der Waals surface area contributed by atoms with E-state index in [1.807, 2.05) is 24.3 Å². The highest BCUT2D eigenvalue weighted by Gasteiger charge is 2.23. The van der Waals surface area contributed by atoms with E-state index in [2.05, 4.69) is 11.9 Å². The molecule has 0 bridgehead atoms. The van der Waals surface area contributed by atoms with Gasteiger partial charge in [-0.05, 0) is 43.5 Å². The van der Waals surface area contributed by atoms with E-state index in [0.717, 1.165) is 23.8 Å². The van der Waals surface area contributed by atoms with Gasteiger partial charge in [-0.25, -0.2) is 0 Å². The van der Waals surface area contributed by atoms with Crippen LogP contribution in [0.15, 0.2) is 24.3 Å². The second-order valence-corrected chi connectivity index (χ2v) is 5.48. The smallest absolute Gasteiger partial charge is 0.119 e. The molecular weight excluding hydrogens is 240 g/mol. The molecule has 0 saturated heterocycles. The van der Waals surface area contributed by atoms with Crippen molar-refractivity contribution in [3.63, 3.8) is 0 Å². The number of nitrogens with zero attached hydrogens (tertiary/aromatic N) is 1. The summed E-state index contributed by atoms with van der Waals surface area (Å²) in [4.78, 5) is 2.18. The molecule has 106 valence electrons. The fourth-order valence-electron chi connectivity index (χ4n) is 2.18. The minimum atomic E-state index is -0.453. The molecule has 2 rings (SSSR count). The molecular formula is C15H24N2O2. The lowest BCUT2D eigenvalue weighted by atomic mass is 10.2. The van der Waals surface area contributed by atoms with Crippen LogP contribution in [0.25, 0.3) is 0 Å². The van der Waals surface area contributed by atoms with E-state index in [-0.39, 0.29) is 0 Å². The molecule has 0 aliphatic heterocycles. The molecule has 19 heavy (non-hydrogen) atoms. The molecule has 0 heterocycles. The summed E-state index contributed by atoms with van der Waals surface area (Å²) in [6.45, 7) is 2.57. The maximum absolute atomic E-state index is 9.95. The van der Waals surface area contributed by atoms with Gasteiger partial charge in [0.2, 0.25) is 0 Å². The SMILES string of the molecule is CN(CC(O)COc1cccc(CN)c1)CC1CC1. The van der Waals surface area contributed by atoms with Gasteiger partial charge in [-0.15, -0.1) is 0 Å². The third-order valence-electron chi connectivity index (χ3n) is 3.37. The molecule has 0 aromatic heterocycles. The highest BCUT2D eigenvalue weighted by molar-refractivity contribution is 5.28. The highest BCUT2D eigenvalue weighted by Crippen LogP contribution is 2.29. The summed E-state index contributed by atoms with van der Waals surface area (Å²) in [6, 6.07) is 7.69. The molecule has 1 aromatic rings. The number of likely N-dealkylation sites (N-methyl/N-ethyl adjacent to an activating group) is 1. The average molecular weight is 264 g/mol. The molecule has 1 unspecified atom stereocenters. The topological polar surface area (TPSA) is 58.7 Å². The predicted octanol–water partition coefficient (Wildman–Crippen LogP) is 1.23. The van der Waals surface area contributed by atoms with Crippen LogP contribution in [-0.4, -0.2) is 42.9 Å². The van der Waals surface area contributed by atoms with Gasteiger partial charge in [0.25, 0.3) is 0 Å². The summed E-state index contributed by atoms with van der Waals surface area (Å²) in [5.41, 5.74) is 6.62. The zero-order valence-electron chi connectivity index (χ0n) is 11.6. The van der Waals surface area contributed by atoms with Gasteiger partial charge in [0.1, 0.15) is 18.5 Å². The third-order valence-corrected chi connectivity index (χ3v) is 3.37. The van der Waals surface area contributed by atoms with Crippen LogP contribution in [0.3, 0.4) is 0 Å². The van der Waals surface area contributed by atoms with Gasteiger partial charge in [-0.2, -0.15) is 0 Å². The summed E-state index contributed by atoms with van der Waals surface area (Å²) < 4.78 is 5.60. The van der Waals surface area contributed by atoms with Crippen molar-refractivity contribution in [1.29, 1.82) is 0 Å². The van der Waals surface area contributed by atoms with E-state index in [0.29, 0.717) is 19.7 Å². The van der Waals surface area contributed by atoms with Gasteiger partial charge in [0.05, 0.1) is 0 Å². The van der Waals surface area contributed by atoms with Crippen LogP contribution >= 0.6 is 0 Å². The van der Waals surface area contributed by atoms with Crippen molar-refractivity contribution in [3.05, 3.63) is 29.8 Å². The molecule has 1 fully saturated rings. The maximum atomic E-state index is 9.95. The fourth-order valence-corrected chi connectivity index (χ4v) is 2.18. The molecule has 3 N–H and O–H groups in total. The first kappa shape index (κ1) is 14.3. The first-order chi connectivity index (χ1) is 9.17. The molecule has 1 aromatic carbocycles. The van der Waals surface area contributed by atoms with Crippen LogP contribution in [0.2, 0.25) is 0 Å². The number of benzene rings is 1. The molecule has 0 spiro atoms. The summed E-state index contributed by atoms with van der Waals surface area (Å²) in [6.07, 6.45) is 2.22. The van der Waals surface area contributed by atoms with Gasteiger partial charge in [-0.3, -0.25) is 0 Å². The Kier molecular flexibility index (Phi) is 5.19. The van der Waals surface area contributed by atoms with Crippen LogP contribution in [0.4, 0.5) is 0 Å². The first-order valence-corrected chi connectivity index (χ1v) is 6.96. The minimum Gasteiger partial charge on any atom is -0.491 e. The highest BCUT2D eigenvalue weighted by atomic mass is 16.5. The largest absolute Gasteiger partial charge is 0.491 e. The van der Waals surface area contributed by atoms with E-state index >= 15 is 0 Å². The zero-order chi connectivity index (χ0) is 13.7. The Bertz CT molecular complexity index is 393. The standard InChI is InChI=1S/C15H24N2O2/c1-17(9-12-5-6-12)10-14(18)11-19-15-4-2-3-13(7-15)8-16/h2-4,7,12,14,18H,5-6,8-11,16H2,1H3. The van der Waals surface area contributed by atoms with Gasteiger partial charge < -0.3 is 20.5 Å². The van der Waals surface area contributed by atoms with Crippen molar-refractivity contribution in [3.8, 4) is 5.75 Å². The molecule has 1 aliphatic rings. The molecule has 1 aliphatic carbocycles. The lowest BCUT2D eigenvalue weighted by Gasteiger charge is -2.20. The minimum absolute atomic E-state index is 0.322. The van der Waals surface area contributed by atoms with Crippen LogP contribution in [0, 0.1) is 5.92 Å². The predicted molar refractivity (Wildman–Crippen MR) is 76.1 cm³/mol. The zero-order valence-corrected chi connectivity index (χ0v) is 11.6. The van der Waals surface area contributed by atoms with Crippen molar-refractivity contribution in [1.82, 2.24) is 4.90 Å². The lowest BCUT2D eigenvalue weighted by Crippen LogP contribution is -2.34. The number of ether oxygens (including phenoxy) is 1.